The fourth-order valence-corrected chi connectivity index (χ4v) is 4.35. The van der Waals surface area contributed by atoms with Gasteiger partial charge in [-0.1, -0.05) is 18.2 Å². The summed E-state index contributed by atoms with van der Waals surface area (Å²) < 4.78 is 3.89. The van der Waals surface area contributed by atoms with Gasteiger partial charge in [0.2, 0.25) is 5.78 Å². The average molecular weight is 384 g/mol. The summed E-state index contributed by atoms with van der Waals surface area (Å²) in [5.74, 6) is -0.323. The molecule has 2 aliphatic heterocycles. The number of hydrogen-bond donors (Lipinski definition) is 2. The Morgan fingerprint density at radius 3 is 2.86 bits per heavy atom. The molecule has 0 fully saturated rings. The molecule has 2 N–H and O–H groups in total. The molecule has 0 unspecified atom stereocenters. The monoisotopic (exact) mass is 384 g/mol. The minimum Gasteiger partial charge on any atom is -0.345 e. The summed E-state index contributed by atoms with van der Waals surface area (Å²) in [6.07, 6.45) is 7.00. The van der Waals surface area contributed by atoms with Gasteiger partial charge in [-0.2, -0.15) is 0 Å². The Labute approximate surface area is 164 Å². The molecule has 142 valence electrons. The summed E-state index contributed by atoms with van der Waals surface area (Å²) >= 11 is 0. The first-order valence-corrected chi connectivity index (χ1v) is 9.42. The first-order valence-electron chi connectivity index (χ1n) is 9.42. The number of nitrogens with zero attached hydrogens (tertiary/aromatic N) is 4. The van der Waals surface area contributed by atoms with Crippen LogP contribution >= 0.6 is 0 Å². The molecule has 0 aliphatic carbocycles. The number of aromatic nitrogens is 4. The van der Waals surface area contributed by atoms with Gasteiger partial charge in [0, 0.05) is 49.2 Å². The number of rotatable bonds is 2. The van der Waals surface area contributed by atoms with Crippen molar-refractivity contribution in [2.45, 2.75) is 13.1 Å². The predicted molar refractivity (Wildman–Crippen MR) is 107 cm³/mol. The van der Waals surface area contributed by atoms with Crippen LogP contribution < -0.4 is 10.6 Å². The van der Waals surface area contributed by atoms with Crippen LogP contribution in [0.3, 0.4) is 0 Å². The number of amides is 2. The average Bonchev–Trinajstić information content (AvgIpc) is 3.33. The summed E-state index contributed by atoms with van der Waals surface area (Å²) in [5, 5.41) is 6.85. The van der Waals surface area contributed by atoms with E-state index in [1.807, 2.05) is 18.3 Å². The van der Waals surface area contributed by atoms with Gasteiger partial charge in [-0.3, -0.25) is 19.3 Å². The van der Waals surface area contributed by atoms with Gasteiger partial charge in [-0.15, -0.1) is 0 Å². The third kappa shape index (κ3) is 2.23. The highest BCUT2D eigenvalue weighted by molar-refractivity contribution is 6.49. The van der Waals surface area contributed by atoms with Crippen LogP contribution in [0.4, 0.5) is 0 Å². The first-order chi connectivity index (χ1) is 14.2. The second-order valence-electron chi connectivity index (χ2n) is 7.19. The summed E-state index contributed by atoms with van der Waals surface area (Å²) in [7, 11) is 0. The second-order valence-corrected chi connectivity index (χ2v) is 7.19. The first kappa shape index (κ1) is 16.2. The quantitative estimate of drug-likeness (QED) is 0.509. The van der Waals surface area contributed by atoms with E-state index < -0.39 is 5.91 Å². The van der Waals surface area contributed by atoms with Crippen LogP contribution in [0.5, 0.6) is 0 Å². The smallest absolute Gasteiger partial charge is 0.261 e. The SMILES string of the molecule is O=C1NC(=O)C(c2cnc3ncccn23)=C1c1cn2c3c(cccc13)CNCC2. The maximum atomic E-state index is 12.9. The molecule has 2 aliphatic rings. The lowest BCUT2D eigenvalue weighted by Gasteiger charge is -2.05. The van der Waals surface area contributed by atoms with Crippen LogP contribution in [0.1, 0.15) is 16.8 Å². The lowest BCUT2D eigenvalue weighted by Crippen LogP contribution is -2.23. The van der Waals surface area contributed by atoms with E-state index >= 15 is 0 Å². The lowest BCUT2D eigenvalue weighted by molar-refractivity contribution is -0.122. The molecule has 8 heteroatoms. The van der Waals surface area contributed by atoms with E-state index in [4.69, 9.17) is 0 Å². The maximum absolute atomic E-state index is 12.9. The lowest BCUT2D eigenvalue weighted by atomic mass is 9.98. The number of fused-ring (bicyclic) bond motifs is 1. The molecule has 0 bridgehead atoms. The number of nitrogens with one attached hydrogen (secondary N) is 2. The summed E-state index contributed by atoms with van der Waals surface area (Å²) in [6.45, 7) is 2.41. The van der Waals surface area contributed by atoms with Gasteiger partial charge < -0.3 is 9.88 Å². The fourth-order valence-electron chi connectivity index (χ4n) is 4.35. The fraction of sp³-hybridized carbons (Fsp3) is 0.143. The molecule has 2 amide bonds. The van der Waals surface area contributed by atoms with Crippen molar-refractivity contribution in [3.05, 3.63) is 65.9 Å². The number of carbonyl (C=O) groups excluding carboxylic acids is 2. The van der Waals surface area contributed by atoms with Crippen molar-refractivity contribution in [1.82, 2.24) is 29.6 Å². The molecule has 3 aromatic heterocycles. The molecule has 4 aromatic rings. The molecule has 0 radical (unpaired) electrons. The van der Waals surface area contributed by atoms with E-state index in [9.17, 15) is 9.59 Å². The number of hydrogen-bond acceptors (Lipinski definition) is 5. The number of imide groups is 1. The molecule has 29 heavy (non-hydrogen) atoms. The van der Waals surface area contributed by atoms with Gasteiger partial charge in [-0.25, -0.2) is 9.97 Å². The molecule has 0 atom stereocenters. The van der Waals surface area contributed by atoms with Crippen molar-refractivity contribution in [2.75, 3.05) is 6.54 Å². The Morgan fingerprint density at radius 2 is 1.93 bits per heavy atom. The van der Waals surface area contributed by atoms with Crippen LogP contribution in [-0.2, 0) is 22.7 Å². The third-order valence-electron chi connectivity index (χ3n) is 5.57. The number of para-hydroxylation sites is 1. The van der Waals surface area contributed by atoms with Crippen LogP contribution in [0.25, 0.3) is 27.8 Å². The molecular weight excluding hydrogens is 368 g/mol. The molecule has 6 rings (SSSR count). The van der Waals surface area contributed by atoms with Crippen molar-refractivity contribution in [3.8, 4) is 0 Å². The molecule has 0 saturated carbocycles. The van der Waals surface area contributed by atoms with Gasteiger partial charge in [0.1, 0.15) is 0 Å². The highest BCUT2D eigenvalue weighted by Gasteiger charge is 2.35. The van der Waals surface area contributed by atoms with Gasteiger partial charge in [0.15, 0.2) is 0 Å². The van der Waals surface area contributed by atoms with E-state index in [0.29, 0.717) is 22.6 Å². The van der Waals surface area contributed by atoms with Crippen LogP contribution in [0.15, 0.2) is 49.1 Å². The zero-order chi connectivity index (χ0) is 19.5. The van der Waals surface area contributed by atoms with E-state index in [1.54, 1.807) is 29.1 Å². The van der Waals surface area contributed by atoms with Crippen LogP contribution in [-0.4, -0.2) is 37.3 Å². The molecule has 0 spiro atoms. The highest BCUT2D eigenvalue weighted by atomic mass is 16.2. The summed E-state index contributed by atoms with van der Waals surface area (Å²) in [5.41, 5.74) is 4.31. The van der Waals surface area contributed by atoms with Gasteiger partial charge in [0.05, 0.1) is 28.6 Å². The normalized spacial score (nSPS) is 16.7. The second kappa shape index (κ2) is 5.86. The van der Waals surface area contributed by atoms with Crippen molar-refractivity contribution < 1.29 is 9.59 Å². The van der Waals surface area contributed by atoms with Crippen LogP contribution in [0.2, 0.25) is 0 Å². The summed E-state index contributed by atoms with van der Waals surface area (Å²) in [6, 6.07) is 7.86. The Bertz CT molecular complexity index is 1380. The van der Waals surface area contributed by atoms with Crippen molar-refractivity contribution in [2.24, 2.45) is 0 Å². The standard InChI is InChI=1S/C21H16N6O2/c28-19-16(14-11-26-8-6-22-9-12-3-1-4-13(14)18(12)26)17(20(29)25-19)15-10-24-21-23-5-2-7-27(15)21/h1-5,7,10-11,22H,6,8-9H2,(H,25,28,29). The van der Waals surface area contributed by atoms with Gasteiger partial charge >= 0.3 is 0 Å². The van der Waals surface area contributed by atoms with Crippen molar-refractivity contribution in [3.63, 3.8) is 0 Å². The van der Waals surface area contributed by atoms with Gasteiger partial charge in [0.25, 0.3) is 11.8 Å². The molecule has 0 saturated heterocycles. The predicted octanol–water partition coefficient (Wildman–Crippen LogP) is 1.35. The Kier molecular flexibility index (Phi) is 3.27. The largest absolute Gasteiger partial charge is 0.345 e. The van der Waals surface area contributed by atoms with Crippen molar-refractivity contribution >= 4 is 39.6 Å². The van der Waals surface area contributed by atoms with E-state index in [-0.39, 0.29) is 5.91 Å². The van der Waals surface area contributed by atoms with E-state index in [0.717, 1.165) is 36.1 Å². The maximum Gasteiger partial charge on any atom is 0.261 e. The Hall–Kier alpha value is -3.78. The molecule has 1 aromatic carbocycles. The Morgan fingerprint density at radius 1 is 1.03 bits per heavy atom. The topological polar surface area (TPSA) is 93.3 Å². The van der Waals surface area contributed by atoms with Crippen LogP contribution in [0, 0.1) is 0 Å². The molecule has 5 heterocycles. The zero-order valence-corrected chi connectivity index (χ0v) is 15.3. The number of imidazole rings is 1. The molecule has 8 nitrogen and oxygen atoms in total. The van der Waals surface area contributed by atoms with Crippen molar-refractivity contribution in [1.29, 1.82) is 0 Å². The minimum absolute atomic E-state index is 0.329. The number of carbonyl (C=O) groups is 2. The summed E-state index contributed by atoms with van der Waals surface area (Å²) in [4.78, 5) is 34.2. The zero-order valence-electron chi connectivity index (χ0n) is 15.3. The molecular formula is C21H16N6O2. The minimum atomic E-state index is -0.415. The van der Waals surface area contributed by atoms with E-state index in [1.165, 1.54) is 5.56 Å². The highest BCUT2D eigenvalue weighted by Crippen LogP contribution is 2.37. The Balaban J connectivity index is 1.68. The van der Waals surface area contributed by atoms with E-state index in [2.05, 4.69) is 31.2 Å². The third-order valence-corrected chi connectivity index (χ3v) is 5.57. The number of benzene rings is 1. The van der Waals surface area contributed by atoms with Gasteiger partial charge in [-0.05, 0) is 11.6 Å².